The zero-order valence-electron chi connectivity index (χ0n) is 21.3. The number of benzene rings is 3. The van der Waals surface area contributed by atoms with Gasteiger partial charge in [-0.15, -0.1) is 0 Å². The van der Waals surface area contributed by atoms with Gasteiger partial charge in [-0.3, -0.25) is 0 Å². The van der Waals surface area contributed by atoms with Gasteiger partial charge in [0.05, 0.1) is 0 Å². The van der Waals surface area contributed by atoms with Crippen molar-refractivity contribution in [3.05, 3.63) is 89.5 Å². The van der Waals surface area contributed by atoms with Gasteiger partial charge >= 0.3 is 0 Å². The fourth-order valence-electron chi connectivity index (χ4n) is 5.47. The summed E-state index contributed by atoms with van der Waals surface area (Å²) in [4.78, 5) is 0. The van der Waals surface area contributed by atoms with Gasteiger partial charge in [0, 0.05) is 0 Å². The van der Waals surface area contributed by atoms with E-state index in [0.717, 1.165) is 30.4 Å². The summed E-state index contributed by atoms with van der Waals surface area (Å²) in [5.74, 6) is 2.70. The summed E-state index contributed by atoms with van der Waals surface area (Å²) in [5, 5.41) is 2.53. The van der Waals surface area contributed by atoms with Crippen molar-refractivity contribution >= 4 is 10.8 Å². The Bertz CT molecular complexity index is 1040. The van der Waals surface area contributed by atoms with E-state index in [4.69, 9.17) is 4.74 Å². The third-order valence-corrected chi connectivity index (χ3v) is 7.67. The highest BCUT2D eigenvalue weighted by molar-refractivity contribution is 5.84. The Morgan fingerprint density at radius 2 is 1.50 bits per heavy atom. The molecule has 3 aromatic rings. The predicted octanol–water partition coefficient (Wildman–Crippen LogP) is 9.43. The summed E-state index contributed by atoms with van der Waals surface area (Å²) in [7, 11) is 0. The third kappa shape index (κ3) is 6.98. The predicted molar refractivity (Wildman–Crippen MR) is 147 cm³/mol. The van der Waals surface area contributed by atoms with Gasteiger partial charge in [0.1, 0.15) is 12.4 Å². The van der Waals surface area contributed by atoms with Gasteiger partial charge in [-0.25, -0.2) is 0 Å². The summed E-state index contributed by atoms with van der Waals surface area (Å²) in [5.41, 5.74) is 4.42. The molecule has 0 aromatic heterocycles. The number of hydrogen-bond donors (Lipinski definition) is 0. The number of ether oxygens (including phenoxy) is 1. The topological polar surface area (TPSA) is 9.23 Å². The molecule has 1 fully saturated rings. The summed E-state index contributed by atoms with van der Waals surface area (Å²) >= 11 is 0. The van der Waals surface area contributed by atoms with Crippen molar-refractivity contribution in [3.63, 3.8) is 0 Å². The van der Waals surface area contributed by atoms with Crippen molar-refractivity contribution in [2.45, 2.75) is 84.0 Å². The Morgan fingerprint density at radius 1 is 0.794 bits per heavy atom. The molecule has 1 nitrogen and oxygen atoms in total. The van der Waals surface area contributed by atoms with Crippen LogP contribution in [0, 0.1) is 5.92 Å². The first-order chi connectivity index (χ1) is 16.7. The highest BCUT2D eigenvalue weighted by Gasteiger charge is 2.21. The molecule has 0 radical (unpaired) electrons. The van der Waals surface area contributed by atoms with Crippen LogP contribution in [0.4, 0.5) is 0 Å². The Balaban J connectivity index is 1.27. The van der Waals surface area contributed by atoms with Gasteiger partial charge in [0.25, 0.3) is 0 Å². The van der Waals surface area contributed by atoms with Crippen LogP contribution in [0.1, 0.15) is 87.8 Å². The lowest BCUT2D eigenvalue weighted by atomic mass is 9.77. The molecular weight excluding hydrogens is 412 g/mol. The van der Waals surface area contributed by atoms with Crippen molar-refractivity contribution in [2.75, 3.05) is 6.61 Å². The van der Waals surface area contributed by atoms with E-state index < -0.39 is 0 Å². The maximum Gasteiger partial charge on any atom is 0.120 e. The number of hydrogen-bond acceptors (Lipinski definition) is 1. The number of aryl methyl sites for hydroxylation is 2. The Labute approximate surface area is 207 Å². The Hall–Kier alpha value is -2.54. The van der Waals surface area contributed by atoms with Crippen LogP contribution >= 0.6 is 0 Å². The van der Waals surface area contributed by atoms with Crippen molar-refractivity contribution < 1.29 is 4.74 Å². The molecule has 1 aliphatic carbocycles. The molecule has 0 aliphatic heterocycles. The van der Waals surface area contributed by atoms with Crippen molar-refractivity contribution in [1.82, 2.24) is 0 Å². The fraction of sp³-hybridized carbons (Fsp3) is 0.455. The highest BCUT2D eigenvalue weighted by Crippen LogP contribution is 2.37. The standard InChI is InChI=1S/C33H42O/c1-3-5-7-8-26-11-16-29(17-12-26)30-18-13-27(14-19-30)9-10-28-15-20-32-25-33(34-23-6-4-2)22-21-31(32)24-28/h4,6,13-15,18-22,24-26,29H,3,5,7-12,16-17,23H2,1-2H3. The fourth-order valence-corrected chi connectivity index (χ4v) is 5.47. The average molecular weight is 455 g/mol. The molecule has 3 aromatic carbocycles. The Morgan fingerprint density at radius 3 is 2.26 bits per heavy atom. The molecule has 0 N–H and O–H groups in total. The molecule has 0 saturated heterocycles. The second-order valence-electron chi connectivity index (χ2n) is 10.2. The van der Waals surface area contributed by atoms with Crippen molar-refractivity contribution in [2.24, 2.45) is 5.92 Å². The largest absolute Gasteiger partial charge is 0.490 e. The van der Waals surface area contributed by atoms with E-state index in [-0.39, 0.29) is 0 Å². The maximum atomic E-state index is 5.78. The van der Waals surface area contributed by atoms with Crippen LogP contribution in [0.2, 0.25) is 0 Å². The van der Waals surface area contributed by atoms with Gasteiger partial charge in [-0.05, 0) is 96.9 Å². The smallest absolute Gasteiger partial charge is 0.120 e. The second-order valence-corrected chi connectivity index (χ2v) is 10.2. The van der Waals surface area contributed by atoms with E-state index in [1.165, 1.54) is 73.3 Å². The molecule has 0 unspecified atom stereocenters. The third-order valence-electron chi connectivity index (χ3n) is 7.67. The summed E-state index contributed by atoms with van der Waals surface area (Å²) < 4.78 is 5.78. The van der Waals surface area contributed by atoms with Crippen LogP contribution in [0.25, 0.3) is 10.8 Å². The zero-order valence-corrected chi connectivity index (χ0v) is 21.3. The van der Waals surface area contributed by atoms with Gasteiger partial charge in [-0.2, -0.15) is 0 Å². The van der Waals surface area contributed by atoms with Crippen molar-refractivity contribution in [3.8, 4) is 5.75 Å². The number of allylic oxidation sites excluding steroid dienone is 1. The molecule has 1 heteroatoms. The summed E-state index contributed by atoms with van der Waals surface area (Å²) in [6.07, 6.45) is 17.5. The summed E-state index contributed by atoms with van der Waals surface area (Å²) in [6.45, 7) is 4.95. The van der Waals surface area contributed by atoms with Crippen LogP contribution in [0.5, 0.6) is 5.75 Å². The van der Waals surface area contributed by atoms with Crippen molar-refractivity contribution in [1.29, 1.82) is 0 Å². The zero-order chi connectivity index (χ0) is 23.6. The van der Waals surface area contributed by atoms with E-state index in [9.17, 15) is 0 Å². The minimum Gasteiger partial charge on any atom is -0.490 e. The lowest BCUT2D eigenvalue weighted by molar-refractivity contribution is 0.303. The van der Waals surface area contributed by atoms with Gasteiger partial charge in [-0.1, -0.05) is 93.3 Å². The van der Waals surface area contributed by atoms with Gasteiger partial charge < -0.3 is 4.74 Å². The normalized spacial score (nSPS) is 18.5. The molecule has 1 saturated carbocycles. The Kier molecular flexibility index (Phi) is 9.25. The molecule has 0 atom stereocenters. The van der Waals surface area contributed by atoms with Crippen LogP contribution in [-0.2, 0) is 12.8 Å². The summed E-state index contributed by atoms with van der Waals surface area (Å²) in [6, 6.07) is 22.8. The first kappa shape index (κ1) is 24.6. The first-order valence-electron chi connectivity index (χ1n) is 13.6. The maximum absolute atomic E-state index is 5.78. The molecule has 34 heavy (non-hydrogen) atoms. The second kappa shape index (κ2) is 12.8. The molecule has 0 spiro atoms. The number of rotatable bonds is 11. The number of unbranched alkanes of at least 4 members (excludes halogenated alkanes) is 2. The molecule has 1 aliphatic rings. The molecule has 0 bridgehead atoms. The van der Waals surface area contributed by atoms with Crippen LogP contribution in [-0.4, -0.2) is 6.61 Å². The molecule has 4 rings (SSSR count). The van der Waals surface area contributed by atoms with Crippen LogP contribution in [0.3, 0.4) is 0 Å². The van der Waals surface area contributed by atoms with Gasteiger partial charge in [0.2, 0.25) is 0 Å². The lowest BCUT2D eigenvalue weighted by Crippen LogP contribution is -2.13. The minimum absolute atomic E-state index is 0.624. The number of fused-ring (bicyclic) bond motifs is 1. The van der Waals surface area contributed by atoms with Crippen LogP contribution < -0.4 is 4.74 Å². The SMILES string of the molecule is CC=CCOc1ccc2cc(CCc3ccc(C4CCC(CCCCC)CC4)cc3)ccc2c1. The monoisotopic (exact) mass is 454 g/mol. The van der Waals surface area contributed by atoms with E-state index in [0.29, 0.717) is 6.61 Å². The van der Waals surface area contributed by atoms with E-state index in [1.807, 2.05) is 19.1 Å². The van der Waals surface area contributed by atoms with Gasteiger partial charge in [0.15, 0.2) is 0 Å². The minimum atomic E-state index is 0.624. The van der Waals surface area contributed by atoms with E-state index in [2.05, 4.69) is 67.6 Å². The average Bonchev–Trinajstić information content (AvgIpc) is 2.88. The molecule has 0 amide bonds. The quantitative estimate of drug-likeness (QED) is 0.207. The molecule has 0 heterocycles. The van der Waals surface area contributed by atoms with E-state index in [1.54, 1.807) is 5.56 Å². The molecule has 180 valence electrons. The van der Waals surface area contributed by atoms with E-state index >= 15 is 0 Å². The lowest BCUT2D eigenvalue weighted by Gasteiger charge is -2.29. The van der Waals surface area contributed by atoms with Crippen LogP contribution in [0.15, 0.2) is 72.8 Å². The molecular formula is C33H42O. The first-order valence-corrected chi connectivity index (χ1v) is 13.6. The highest BCUT2D eigenvalue weighted by atomic mass is 16.5.